The van der Waals surface area contributed by atoms with E-state index in [-0.39, 0.29) is 11.5 Å². The summed E-state index contributed by atoms with van der Waals surface area (Å²) in [4.78, 5) is 45.4. The van der Waals surface area contributed by atoms with Crippen molar-refractivity contribution in [3.63, 3.8) is 0 Å². The second-order valence-corrected chi connectivity index (χ2v) is 8.72. The minimum Gasteiger partial charge on any atom is -0.468 e. The fourth-order valence-electron chi connectivity index (χ4n) is 3.85. The molecule has 2 aromatic heterocycles. The number of thiophene rings is 1. The van der Waals surface area contributed by atoms with E-state index in [0.29, 0.717) is 42.5 Å². The van der Waals surface area contributed by atoms with Crippen molar-refractivity contribution in [2.24, 2.45) is 0 Å². The Morgan fingerprint density at radius 1 is 1.06 bits per heavy atom. The van der Waals surface area contributed by atoms with Gasteiger partial charge >= 0.3 is 5.97 Å². The van der Waals surface area contributed by atoms with Gasteiger partial charge in [0.05, 0.1) is 17.7 Å². The van der Waals surface area contributed by atoms with E-state index < -0.39 is 17.6 Å². The van der Waals surface area contributed by atoms with Crippen LogP contribution in [0.3, 0.4) is 0 Å². The maximum absolute atomic E-state index is 13.0. The molecule has 4 rings (SSSR count). The van der Waals surface area contributed by atoms with Crippen LogP contribution in [0.4, 0.5) is 0 Å². The van der Waals surface area contributed by atoms with Crippen LogP contribution in [-0.4, -0.2) is 59.9 Å². The second kappa shape index (κ2) is 9.68. The minimum atomic E-state index is -0.653. The van der Waals surface area contributed by atoms with Crippen molar-refractivity contribution in [3.8, 4) is 10.6 Å². The number of carbonyl (C=O) groups is 2. The predicted octanol–water partition coefficient (Wildman–Crippen LogP) is 3.43. The fourth-order valence-corrected chi connectivity index (χ4v) is 4.80. The minimum absolute atomic E-state index is 0.106. The van der Waals surface area contributed by atoms with Crippen LogP contribution >= 0.6 is 22.9 Å². The van der Waals surface area contributed by atoms with Gasteiger partial charge in [-0.25, -0.2) is 4.79 Å². The maximum atomic E-state index is 13.0. The summed E-state index contributed by atoms with van der Waals surface area (Å²) < 4.78 is 5.01. The number of H-pyrrole nitrogens is 1. The molecule has 0 spiro atoms. The molecule has 166 valence electrons. The number of amides is 1. The molecule has 1 fully saturated rings. The van der Waals surface area contributed by atoms with Crippen LogP contribution in [0.5, 0.6) is 0 Å². The summed E-state index contributed by atoms with van der Waals surface area (Å²) in [7, 11) is 1.35. The molecule has 1 aromatic carbocycles. The monoisotopic (exact) mass is 471 g/mol. The zero-order chi connectivity index (χ0) is 22.7. The van der Waals surface area contributed by atoms with E-state index in [2.05, 4.69) is 4.98 Å². The first-order chi connectivity index (χ1) is 15.5. The summed E-state index contributed by atoms with van der Waals surface area (Å²) in [5.74, 6) is -0.727. The molecule has 0 radical (unpaired) electrons. The van der Waals surface area contributed by atoms with Crippen LogP contribution in [0.1, 0.15) is 22.0 Å². The number of benzene rings is 1. The van der Waals surface area contributed by atoms with Crippen LogP contribution in [0.2, 0.25) is 5.02 Å². The van der Waals surface area contributed by atoms with E-state index in [1.807, 2.05) is 28.5 Å². The summed E-state index contributed by atoms with van der Waals surface area (Å²) in [6.07, 6.45) is 0. The molecule has 7 nitrogen and oxygen atoms in total. The first-order valence-corrected chi connectivity index (χ1v) is 11.4. The summed E-state index contributed by atoms with van der Waals surface area (Å²) in [5, 5.41) is 2.41. The molecule has 1 aliphatic heterocycles. The molecule has 3 aromatic rings. The molecule has 1 amide bonds. The number of rotatable bonds is 5. The molecule has 9 heteroatoms. The Morgan fingerprint density at radius 2 is 1.81 bits per heavy atom. The van der Waals surface area contributed by atoms with Crippen LogP contribution in [-0.2, 0) is 9.53 Å². The van der Waals surface area contributed by atoms with Gasteiger partial charge in [-0.05, 0) is 35.2 Å². The molecule has 1 aliphatic rings. The lowest BCUT2D eigenvalue weighted by Crippen LogP contribution is -2.51. The average molecular weight is 472 g/mol. The number of aromatic amines is 1. The van der Waals surface area contributed by atoms with Crippen molar-refractivity contribution < 1.29 is 14.3 Å². The second-order valence-electron chi connectivity index (χ2n) is 7.37. The van der Waals surface area contributed by atoms with Gasteiger partial charge in [-0.15, -0.1) is 11.3 Å². The first-order valence-electron chi connectivity index (χ1n) is 10.1. The SMILES string of the molecule is COC(=O)C(c1ccccc1Cl)N1CCN(C(=O)c2ccc(-c3cccs3)[nH]c2=O)CC1. The fraction of sp³-hybridized carbons (Fsp3) is 0.261. The van der Waals surface area contributed by atoms with Crippen molar-refractivity contribution in [3.05, 3.63) is 80.4 Å². The number of methoxy groups -OCH3 is 1. The maximum Gasteiger partial charge on any atom is 0.327 e. The van der Waals surface area contributed by atoms with Gasteiger partial charge in [0.2, 0.25) is 0 Å². The van der Waals surface area contributed by atoms with Gasteiger partial charge in [-0.2, -0.15) is 0 Å². The Morgan fingerprint density at radius 3 is 2.44 bits per heavy atom. The highest BCUT2D eigenvalue weighted by molar-refractivity contribution is 7.13. The van der Waals surface area contributed by atoms with Crippen molar-refractivity contribution in [2.75, 3.05) is 33.3 Å². The summed E-state index contributed by atoms with van der Waals surface area (Å²) in [6.45, 7) is 1.65. The Labute approximate surface area is 194 Å². The lowest BCUT2D eigenvalue weighted by atomic mass is 10.0. The van der Waals surface area contributed by atoms with Gasteiger partial charge in [-0.3, -0.25) is 14.5 Å². The van der Waals surface area contributed by atoms with Crippen LogP contribution in [0, 0.1) is 0 Å². The molecule has 1 atom stereocenters. The summed E-state index contributed by atoms with van der Waals surface area (Å²) in [5.41, 5.74) is 1.05. The Hall–Kier alpha value is -2.94. The number of pyridine rings is 1. The number of esters is 1. The molecule has 3 heterocycles. The number of hydrogen-bond donors (Lipinski definition) is 1. The van der Waals surface area contributed by atoms with Gasteiger partial charge in [0.1, 0.15) is 11.6 Å². The molecule has 0 aliphatic carbocycles. The van der Waals surface area contributed by atoms with Crippen LogP contribution < -0.4 is 5.56 Å². The van der Waals surface area contributed by atoms with Gasteiger partial charge in [-0.1, -0.05) is 35.9 Å². The third-order valence-corrected chi connectivity index (χ3v) is 6.76. The highest BCUT2D eigenvalue weighted by Crippen LogP contribution is 2.29. The number of hydrogen-bond acceptors (Lipinski definition) is 6. The molecule has 32 heavy (non-hydrogen) atoms. The van der Waals surface area contributed by atoms with Gasteiger partial charge in [0.25, 0.3) is 11.5 Å². The molecule has 0 saturated carbocycles. The molecular formula is C23H22ClN3O4S. The topological polar surface area (TPSA) is 82.7 Å². The number of nitrogens with one attached hydrogen (secondary N) is 1. The number of piperazine rings is 1. The zero-order valence-electron chi connectivity index (χ0n) is 17.4. The third kappa shape index (κ3) is 4.48. The van der Waals surface area contributed by atoms with Crippen LogP contribution in [0.25, 0.3) is 10.6 Å². The number of halogens is 1. The molecule has 1 unspecified atom stereocenters. The Balaban J connectivity index is 1.48. The molecule has 1 N–H and O–H groups in total. The standard InChI is InChI=1S/C23H22ClN3O4S/c1-31-23(30)20(15-5-2-3-6-17(15)24)26-10-12-27(13-11-26)22(29)16-8-9-18(25-21(16)28)19-7-4-14-32-19/h2-9,14,20H,10-13H2,1H3,(H,25,28). The largest absolute Gasteiger partial charge is 0.468 e. The molecule has 1 saturated heterocycles. The van der Waals surface area contributed by atoms with E-state index in [9.17, 15) is 14.4 Å². The van der Waals surface area contributed by atoms with E-state index in [4.69, 9.17) is 16.3 Å². The Bertz CT molecular complexity index is 1170. The highest BCUT2D eigenvalue weighted by atomic mass is 35.5. The Kier molecular flexibility index (Phi) is 6.74. The smallest absolute Gasteiger partial charge is 0.327 e. The average Bonchev–Trinajstić information content (AvgIpc) is 3.35. The van der Waals surface area contributed by atoms with Gasteiger partial charge in [0.15, 0.2) is 0 Å². The van der Waals surface area contributed by atoms with E-state index in [0.717, 1.165) is 4.88 Å². The number of aromatic nitrogens is 1. The van der Waals surface area contributed by atoms with E-state index in [1.54, 1.807) is 35.2 Å². The number of carbonyl (C=O) groups excluding carboxylic acids is 2. The van der Waals surface area contributed by atoms with Crippen molar-refractivity contribution in [1.82, 2.24) is 14.8 Å². The summed E-state index contributed by atoms with van der Waals surface area (Å²) in [6, 6.07) is 13.6. The number of ether oxygens (including phenoxy) is 1. The van der Waals surface area contributed by atoms with Crippen molar-refractivity contribution in [1.29, 1.82) is 0 Å². The van der Waals surface area contributed by atoms with Crippen molar-refractivity contribution in [2.45, 2.75) is 6.04 Å². The summed E-state index contributed by atoms with van der Waals surface area (Å²) >= 11 is 7.84. The predicted molar refractivity (Wildman–Crippen MR) is 124 cm³/mol. The van der Waals surface area contributed by atoms with Crippen molar-refractivity contribution >= 4 is 34.8 Å². The zero-order valence-corrected chi connectivity index (χ0v) is 19.0. The van der Waals surface area contributed by atoms with E-state index >= 15 is 0 Å². The quantitative estimate of drug-likeness (QED) is 0.576. The van der Waals surface area contributed by atoms with E-state index in [1.165, 1.54) is 18.4 Å². The lowest BCUT2D eigenvalue weighted by Gasteiger charge is -2.38. The first kappa shape index (κ1) is 22.3. The normalized spacial score (nSPS) is 15.4. The number of nitrogens with zero attached hydrogens (tertiary/aromatic N) is 2. The van der Waals surface area contributed by atoms with Gasteiger partial charge in [0, 0.05) is 31.2 Å². The molecule has 0 bridgehead atoms. The van der Waals surface area contributed by atoms with Gasteiger partial charge < -0.3 is 14.6 Å². The molecular weight excluding hydrogens is 450 g/mol. The lowest BCUT2D eigenvalue weighted by molar-refractivity contribution is -0.148. The third-order valence-electron chi connectivity index (χ3n) is 5.52. The van der Waals surface area contributed by atoms with Crippen LogP contribution in [0.15, 0.2) is 58.7 Å². The highest BCUT2D eigenvalue weighted by Gasteiger charge is 2.34.